The van der Waals surface area contributed by atoms with Crippen molar-refractivity contribution in [2.45, 2.75) is 44.5 Å². The van der Waals surface area contributed by atoms with Gasteiger partial charge in [0.15, 0.2) is 0 Å². The van der Waals surface area contributed by atoms with Gasteiger partial charge in [-0.2, -0.15) is 0 Å². The molecule has 3 nitrogen and oxygen atoms in total. The molecular formula is C8H16O3. The maximum absolute atomic E-state index is 9.35. The summed E-state index contributed by atoms with van der Waals surface area (Å²) in [6, 6.07) is 0. The van der Waals surface area contributed by atoms with Crippen LogP contribution in [0, 0.1) is 5.92 Å². The van der Waals surface area contributed by atoms with Gasteiger partial charge in [0.05, 0.1) is 12.2 Å². The van der Waals surface area contributed by atoms with E-state index in [2.05, 4.69) is 0 Å². The molecule has 3 N–H and O–H groups in total. The predicted molar refractivity (Wildman–Crippen MR) is 41.0 cm³/mol. The van der Waals surface area contributed by atoms with Crippen molar-refractivity contribution in [3.63, 3.8) is 0 Å². The molecule has 0 aromatic rings. The van der Waals surface area contributed by atoms with Crippen molar-refractivity contribution < 1.29 is 15.3 Å². The Morgan fingerprint density at radius 2 is 1.82 bits per heavy atom. The summed E-state index contributed by atoms with van der Waals surface area (Å²) in [5.74, 6) is 0.0880. The highest BCUT2D eigenvalue weighted by molar-refractivity contribution is 4.90. The van der Waals surface area contributed by atoms with Crippen molar-refractivity contribution in [2.75, 3.05) is 0 Å². The van der Waals surface area contributed by atoms with E-state index in [0.717, 1.165) is 12.8 Å². The largest absolute Gasteiger partial charge is 0.390 e. The van der Waals surface area contributed by atoms with Crippen molar-refractivity contribution in [3.8, 4) is 0 Å². The summed E-state index contributed by atoms with van der Waals surface area (Å²) in [6.07, 6.45) is 0.0464. The highest BCUT2D eigenvalue weighted by Gasteiger charge is 2.39. The fraction of sp³-hybridized carbons (Fsp3) is 1.00. The lowest BCUT2D eigenvalue weighted by atomic mass is 10.00. The predicted octanol–water partition coefficient (Wildman–Crippen LogP) is -0.111. The summed E-state index contributed by atoms with van der Waals surface area (Å²) in [4.78, 5) is 0. The summed E-state index contributed by atoms with van der Waals surface area (Å²) in [5.41, 5.74) is 0. The van der Waals surface area contributed by atoms with Crippen LogP contribution in [0.25, 0.3) is 0 Å². The van der Waals surface area contributed by atoms with Crippen LogP contribution in [0.3, 0.4) is 0 Å². The lowest BCUT2D eigenvalue weighted by molar-refractivity contribution is -0.0264. The van der Waals surface area contributed by atoms with E-state index in [1.54, 1.807) is 0 Å². The second-order valence-corrected chi connectivity index (χ2v) is 3.33. The average Bonchev–Trinajstić information content (AvgIpc) is 2.19. The molecule has 0 radical (unpaired) electrons. The van der Waals surface area contributed by atoms with E-state index in [0.29, 0.717) is 6.42 Å². The molecule has 1 aliphatic carbocycles. The molecule has 0 aromatic heterocycles. The standard InChI is InChI=1S/C8H16O3/c1-2-3-5-4-6(9)8(11)7(5)10/h5-11H,2-4H2,1H3. The Kier molecular flexibility index (Phi) is 2.87. The molecule has 0 heterocycles. The first-order valence-corrected chi connectivity index (χ1v) is 4.21. The van der Waals surface area contributed by atoms with Gasteiger partial charge in [-0.05, 0) is 18.8 Å². The molecule has 1 rings (SSSR count). The Morgan fingerprint density at radius 3 is 2.18 bits per heavy atom. The van der Waals surface area contributed by atoms with Gasteiger partial charge in [-0.15, -0.1) is 0 Å². The molecule has 0 aromatic carbocycles. The highest BCUT2D eigenvalue weighted by atomic mass is 16.4. The van der Waals surface area contributed by atoms with E-state index in [1.165, 1.54) is 0 Å². The van der Waals surface area contributed by atoms with E-state index in [-0.39, 0.29) is 5.92 Å². The molecular weight excluding hydrogens is 144 g/mol. The topological polar surface area (TPSA) is 60.7 Å². The molecule has 1 aliphatic rings. The summed E-state index contributed by atoms with van der Waals surface area (Å²) in [5, 5.41) is 27.7. The SMILES string of the molecule is CCCC1CC(O)C(O)C1O. The van der Waals surface area contributed by atoms with E-state index in [1.807, 2.05) is 6.92 Å². The highest BCUT2D eigenvalue weighted by Crippen LogP contribution is 2.29. The van der Waals surface area contributed by atoms with Gasteiger partial charge >= 0.3 is 0 Å². The third-order valence-corrected chi connectivity index (χ3v) is 2.43. The molecule has 4 unspecified atom stereocenters. The van der Waals surface area contributed by atoms with Crippen LogP contribution in [0.1, 0.15) is 26.2 Å². The van der Waals surface area contributed by atoms with Gasteiger partial charge in [0, 0.05) is 0 Å². The first-order chi connectivity index (χ1) is 5.16. The van der Waals surface area contributed by atoms with E-state index in [9.17, 15) is 5.11 Å². The summed E-state index contributed by atoms with van der Waals surface area (Å²) < 4.78 is 0. The fourth-order valence-electron chi connectivity index (χ4n) is 1.75. The van der Waals surface area contributed by atoms with Crippen molar-refractivity contribution >= 4 is 0 Å². The van der Waals surface area contributed by atoms with E-state index >= 15 is 0 Å². The number of rotatable bonds is 2. The minimum absolute atomic E-state index is 0.0880. The van der Waals surface area contributed by atoms with Gasteiger partial charge in [0.1, 0.15) is 6.10 Å². The zero-order valence-electron chi connectivity index (χ0n) is 6.77. The van der Waals surface area contributed by atoms with Crippen LogP contribution < -0.4 is 0 Å². The normalized spacial score (nSPS) is 44.7. The molecule has 66 valence electrons. The third-order valence-electron chi connectivity index (χ3n) is 2.43. The van der Waals surface area contributed by atoms with Crippen LogP contribution >= 0.6 is 0 Å². The number of hydrogen-bond donors (Lipinski definition) is 3. The Hall–Kier alpha value is -0.120. The molecule has 3 heteroatoms. The summed E-state index contributed by atoms with van der Waals surface area (Å²) in [6.45, 7) is 2.03. The number of aliphatic hydroxyl groups excluding tert-OH is 3. The Balaban J connectivity index is 2.45. The van der Waals surface area contributed by atoms with Crippen LogP contribution in [0.15, 0.2) is 0 Å². The van der Waals surface area contributed by atoms with Gasteiger partial charge < -0.3 is 15.3 Å². The smallest absolute Gasteiger partial charge is 0.106 e. The number of hydrogen-bond acceptors (Lipinski definition) is 3. The van der Waals surface area contributed by atoms with Gasteiger partial charge in [-0.25, -0.2) is 0 Å². The minimum Gasteiger partial charge on any atom is -0.390 e. The van der Waals surface area contributed by atoms with Crippen LogP contribution in [0.4, 0.5) is 0 Å². The first kappa shape index (κ1) is 8.97. The van der Waals surface area contributed by atoms with Crippen molar-refractivity contribution in [2.24, 2.45) is 5.92 Å². The molecule has 0 amide bonds. The molecule has 1 saturated carbocycles. The van der Waals surface area contributed by atoms with Crippen LogP contribution in [0.2, 0.25) is 0 Å². The van der Waals surface area contributed by atoms with Crippen molar-refractivity contribution in [3.05, 3.63) is 0 Å². The lowest BCUT2D eigenvalue weighted by Gasteiger charge is -2.14. The summed E-state index contributed by atoms with van der Waals surface area (Å²) in [7, 11) is 0. The Bertz CT molecular complexity index is 127. The third kappa shape index (κ3) is 1.72. The molecule has 0 spiro atoms. The van der Waals surface area contributed by atoms with E-state index < -0.39 is 18.3 Å². The number of aliphatic hydroxyl groups is 3. The van der Waals surface area contributed by atoms with Gasteiger partial charge in [-0.3, -0.25) is 0 Å². The zero-order valence-corrected chi connectivity index (χ0v) is 6.77. The van der Waals surface area contributed by atoms with Crippen LogP contribution in [-0.2, 0) is 0 Å². The minimum atomic E-state index is -0.924. The molecule has 11 heavy (non-hydrogen) atoms. The summed E-state index contributed by atoms with van der Waals surface area (Å²) >= 11 is 0. The fourth-order valence-corrected chi connectivity index (χ4v) is 1.75. The first-order valence-electron chi connectivity index (χ1n) is 4.21. The van der Waals surface area contributed by atoms with E-state index in [4.69, 9.17) is 10.2 Å². The maximum Gasteiger partial charge on any atom is 0.106 e. The molecule has 0 aliphatic heterocycles. The van der Waals surface area contributed by atoms with Crippen molar-refractivity contribution in [1.29, 1.82) is 0 Å². The van der Waals surface area contributed by atoms with Gasteiger partial charge in [-0.1, -0.05) is 13.3 Å². The monoisotopic (exact) mass is 160 g/mol. The molecule has 1 fully saturated rings. The van der Waals surface area contributed by atoms with Crippen LogP contribution in [-0.4, -0.2) is 33.6 Å². The zero-order chi connectivity index (χ0) is 8.43. The lowest BCUT2D eigenvalue weighted by Crippen LogP contribution is -2.30. The van der Waals surface area contributed by atoms with Crippen LogP contribution in [0.5, 0.6) is 0 Å². The maximum atomic E-state index is 9.35. The average molecular weight is 160 g/mol. The Morgan fingerprint density at radius 1 is 1.18 bits per heavy atom. The molecule has 4 atom stereocenters. The Labute approximate surface area is 66.7 Å². The molecule has 0 bridgehead atoms. The quantitative estimate of drug-likeness (QED) is 0.528. The second-order valence-electron chi connectivity index (χ2n) is 3.33. The second kappa shape index (κ2) is 3.52. The van der Waals surface area contributed by atoms with Gasteiger partial charge in [0.2, 0.25) is 0 Å². The van der Waals surface area contributed by atoms with Gasteiger partial charge in [0.25, 0.3) is 0 Å². The van der Waals surface area contributed by atoms with Crippen molar-refractivity contribution in [1.82, 2.24) is 0 Å². The molecule has 0 saturated heterocycles.